The van der Waals surface area contributed by atoms with Gasteiger partial charge >= 0.3 is 0 Å². The van der Waals surface area contributed by atoms with Crippen LogP contribution in [0.15, 0.2) is 58.5 Å². The molecule has 3 N–H and O–H groups in total. The van der Waals surface area contributed by atoms with Crippen molar-refractivity contribution in [1.29, 1.82) is 0 Å². The van der Waals surface area contributed by atoms with Gasteiger partial charge in [-0.1, -0.05) is 24.3 Å². The number of para-hydroxylation sites is 2. The Labute approximate surface area is 136 Å². The molecule has 23 heavy (non-hydrogen) atoms. The lowest BCUT2D eigenvalue weighted by Gasteiger charge is -2.00. The topological polar surface area (TPSA) is 77.2 Å². The van der Waals surface area contributed by atoms with Crippen LogP contribution in [-0.2, 0) is 0 Å². The van der Waals surface area contributed by atoms with Crippen LogP contribution in [0.5, 0.6) is 11.5 Å². The van der Waals surface area contributed by atoms with E-state index in [1.165, 1.54) is 0 Å². The van der Waals surface area contributed by atoms with Crippen LogP contribution in [0.2, 0.25) is 0 Å². The molecule has 0 spiro atoms. The molecule has 0 saturated carbocycles. The van der Waals surface area contributed by atoms with E-state index in [1.54, 1.807) is 36.7 Å². The molecule has 0 bridgehead atoms. The van der Waals surface area contributed by atoms with E-state index in [9.17, 15) is 10.2 Å². The van der Waals surface area contributed by atoms with Crippen LogP contribution in [0, 0.1) is 0 Å². The van der Waals surface area contributed by atoms with E-state index in [-0.39, 0.29) is 11.5 Å². The Bertz CT molecular complexity index is 611. The fourth-order valence-corrected chi connectivity index (χ4v) is 1.93. The van der Waals surface area contributed by atoms with E-state index in [0.29, 0.717) is 13.1 Å². The summed E-state index contributed by atoms with van der Waals surface area (Å²) in [6.07, 6.45) is 3.35. The molecular formula is C18H21N3O2. The highest BCUT2D eigenvalue weighted by Gasteiger charge is 1.95. The molecule has 2 aromatic carbocycles. The molecule has 0 aliphatic rings. The van der Waals surface area contributed by atoms with Crippen molar-refractivity contribution in [3.8, 4) is 11.5 Å². The van der Waals surface area contributed by atoms with Gasteiger partial charge in [0, 0.05) is 36.6 Å². The largest absolute Gasteiger partial charge is 0.507 e. The predicted octanol–water partition coefficient (Wildman–Crippen LogP) is 2.23. The average molecular weight is 311 g/mol. The molecule has 0 aromatic heterocycles. The van der Waals surface area contributed by atoms with Crippen molar-refractivity contribution in [2.45, 2.75) is 0 Å². The summed E-state index contributed by atoms with van der Waals surface area (Å²) in [5, 5.41) is 22.4. The summed E-state index contributed by atoms with van der Waals surface area (Å²) in [6.45, 7) is 2.77. The van der Waals surface area contributed by atoms with Gasteiger partial charge in [0.15, 0.2) is 0 Å². The molecule has 0 radical (unpaired) electrons. The maximum Gasteiger partial charge on any atom is 0.124 e. The van der Waals surface area contributed by atoms with Gasteiger partial charge in [-0.15, -0.1) is 0 Å². The first-order valence-corrected chi connectivity index (χ1v) is 7.54. The maximum atomic E-state index is 9.58. The summed E-state index contributed by atoms with van der Waals surface area (Å²) in [7, 11) is 0. The van der Waals surface area contributed by atoms with E-state index < -0.39 is 0 Å². The Morgan fingerprint density at radius 2 is 1.17 bits per heavy atom. The van der Waals surface area contributed by atoms with Crippen LogP contribution in [0.1, 0.15) is 11.1 Å². The molecule has 0 saturated heterocycles. The summed E-state index contributed by atoms with van der Waals surface area (Å²) in [4.78, 5) is 8.52. The second kappa shape index (κ2) is 9.38. The molecule has 5 heteroatoms. The summed E-state index contributed by atoms with van der Waals surface area (Å²) in [5.41, 5.74) is 1.44. The Morgan fingerprint density at radius 3 is 1.61 bits per heavy atom. The minimum absolute atomic E-state index is 0.239. The highest BCUT2D eigenvalue weighted by Crippen LogP contribution is 2.13. The molecule has 120 valence electrons. The molecule has 0 aliphatic heterocycles. The summed E-state index contributed by atoms with van der Waals surface area (Å²) in [5.74, 6) is 0.477. The number of benzene rings is 2. The lowest BCUT2D eigenvalue weighted by molar-refractivity contribution is 0.474. The lowest BCUT2D eigenvalue weighted by atomic mass is 10.2. The molecular weight excluding hydrogens is 290 g/mol. The van der Waals surface area contributed by atoms with Gasteiger partial charge in [-0.25, -0.2) is 0 Å². The van der Waals surface area contributed by atoms with Crippen LogP contribution in [-0.4, -0.2) is 48.8 Å². The molecule has 0 unspecified atom stereocenters. The Balaban J connectivity index is 1.60. The summed E-state index contributed by atoms with van der Waals surface area (Å²) in [6, 6.07) is 14.2. The van der Waals surface area contributed by atoms with Gasteiger partial charge in [-0.2, -0.15) is 0 Å². The molecule has 0 atom stereocenters. The third kappa shape index (κ3) is 5.92. The van der Waals surface area contributed by atoms with Gasteiger partial charge in [0.25, 0.3) is 0 Å². The van der Waals surface area contributed by atoms with Gasteiger partial charge in [0.1, 0.15) is 11.5 Å². The van der Waals surface area contributed by atoms with Crippen molar-refractivity contribution in [3.63, 3.8) is 0 Å². The zero-order chi connectivity index (χ0) is 16.3. The zero-order valence-electron chi connectivity index (χ0n) is 12.9. The molecule has 0 amide bonds. The second-order valence-corrected chi connectivity index (χ2v) is 4.94. The number of aromatic hydroxyl groups is 2. The van der Waals surface area contributed by atoms with Gasteiger partial charge in [-0.05, 0) is 24.3 Å². The highest BCUT2D eigenvalue weighted by atomic mass is 16.3. The quantitative estimate of drug-likeness (QED) is 0.517. The minimum Gasteiger partial charge on any atom is -0.507 e. The number of phenols is 2. The SMILES string of the molecule is Oc1ccccc1C=NCCNCCN=Cc1ccccc1O. The lowest BCUT2D eigenvalue weighted by Crippen LogP contribution is -2.20. The number of aliphatic imine (C=N–C) groups is 2. The van der Waals surface area contributed by atoms with Crippen LogP contribution in [0.3, 0.4) is 0 Å². The van der Waals surface area contributed by atoms with E-state index in [0.717, 1.165) is 24.2 Å². The number of nitrogens with one attached hydrogen (secondary N) is 1. The van der Waals surface area contributed by atoms with Crippen LogP contribution in [0.25, 0.3) is 0 Å². The van der Waals surface area contributed by atoms with Gasteiger partial charge in [0.2, 0.25) is 0 Å². The summed E-state index contributed by atoms with van der Waals surface area (Å²) >= 11 is 0. The van der Waals surface area contributed by atoms with Crippen molar-refractivity contribution < 1.29 is 10.2 Å². The van der Waals surface area contributed by atoms with Crippen molar-refractivity contribution in [3.05, 3.63) is 59.7 Å². The standard InChI is InChI=1S/C18H21N3O2/c22-17-7-3-1-5-15(17)13-20-11-9-19-10-12-21-14-16-6-2-4-8-18(16)23/h1-8,13-14,19,22-23H,9-12H2. The highest BCUT2D eigenvalue weighted by molar-refractivity contribution is 5.83. The van der Waals surface area contributed by atoms with E-state index in [2.05, 4.69) is 15.3 Å². The van der Waals surface area contributed by atoms with Crippen molar-refractivity contribution in [2.24, 2.45) is 9.98 Å². The molecule has 5 nitrogen and oxygen atoms in total. The third-order valence-electron chi connectivity index (χ3n) is 3.17. The number of nitrogens with zero attached hydrogens (tertiary/aromatic N) is 2. The first-order chi connectivity index (χ1) is 11.3. The number of hydrogen-bond acceptors (Lipinski definition) is 5. The van der Waals surface area contributed by atoms with Gasteiger partial charge < -0.3 is 15.5 Å². The first kappa shape index (κ1) is 16.7. The van der Waals surface area contributed by atoms with Gasteiger partial charge in [0.05, 0.1) is 13.1 Å². The number of phenolic OH excluding ortho intramolecular Hbond substituents is 2. The Kier molecular flexibility index (Phi) is 6.81. The van der Waals surface area contributed by atoms with E-state index >= 15 is 0 Å². The predicted molar refractivity (Wildman–Crippen MR) is 94.0 cm³/mol. The fraction of sp³-hybridized carbons (Fsp3) is 0.222. The van der Waals surface area contributed by atoms with Crippen molar-refractivity contribution in [2.75, 3.05) is 26.2 Å². The van der Waals surface area contributed by atoms with Crippen molar-refractivity contribution >= 4 is 12.4 Å². The fourth-order valence-electron chi connectivity index (χ4n) is 1.93. The Hall–Kier alpha value is -2.66. The Morgan fingerprint density at radius 1 is 0.739 bits per heavy atom. The van der Waals surface area contributed by atoms with E-state index in [1.807, 2.05) is 24.3 Å². The van der Waals surface area contributed by atoms with Crippen LogP contribution < -0.4 is 5.32 Å². The smallest absolute Gasteiger partial charge is 0.124 e. The minimum atomic E-state index is 0.239. The second-order valence-electron chi connectivity index (χ2n) is 4.94. The average Bonchev–Trinajstić information content (AvgIpc) is 2.56. The number of rotatable bonds is 8. The zero-order valence-corrected chi connectivity index (χ0v) is 12.9. The summed E-state index contributed by atoms with van der Waals surface area (Å²) < 4.78 is 0. The van der Waals surface area contributed by atoms with Crippen LogP contribution >= 0.6 is 0 Å². The van der Waals surface area contributed by atoms with Crippen LogP contribution in [0.4, 0.5) is 0 Å². The molecule has 2 aromatic rings. The first-order valence-electron chi connectivity index (χ1n) is 7.54. The monoisotopic (exact) mass is 311 g/mol. The molecule has 0 fully saturated rings. The van der Waals surface area contributed by atoms with Gasteiger partial charge in [-0.3, -0.25) is 9.98 Å². The molecule has 0 heterocycles. The molecule has 2 rings (SSSR count). The normalized spacial score (nSPS) is 11.5. The van der Waals surface area contributed by atoms with Crippen molar-refractivity contribution in [1.82, 2.24) is 5.32 Å². The number of hydrogen-bond donors (Lipinski definition) is 3. The maximum absolute atomic E-state index is 9.58. The third-order valence-corrected chi connectivity index (χ3v) is 3.17. The molecule has 0 aliphatic carbocycles. The van der Waals surface area contributed by atoms with E-state index in [4.69, 9.17) is 0 Å².